The lowest BCUT2D eigenvalue weighted by Crippen LogP contribution is -2.19. The number of hydrogen-bond acceptors (Lipinski definition) is 4. The molecule has 0 radical (unpaired) electrons. The van der Waals surface area contributed by atoms with Crippen LogP contribution in [-0.4, -0.2) is 16.8 Å². The van der Waals surface area contributed by atoms with Crippen molar-refractivity contribution in [2.45, 2.75) is 18.9 Å². The third kappa shape index (κ3) is 1.89. The molecule has 1 atom stereocenters. The van der Waals surface area contributed by atoms with Gasteiger partial charge in [0.15, 0.2) is 0 Å². The molecule has 0 bridgehead atoms. The summed E-state index contributed by atoms with van der Waals surface area (Å²) in [6.45, 7) is 0. The predicted molar refractivity (Wildman–Crippen MR) is 77.2 cm³/mol. The number of carbonyl (C=O) groups excluding carboxylic acids is 2. The van der Waals surface area contributed by atoms with Gasteiger partial charge >= 0.3 is 0 Å². The van der Waals surface area contributed by atoms with Crippen LogP contribution < -0.4 is 10.6 Å². The quantitative estimate of drug-likeness (QED) is 0.825. The number of anilines is 1. The van der Waals surface area contributed by atoms with E-state index >= 15 is 0 Å². The minimum Gasteiger partial charge on any atom is -0.377 e. The lowest BCUT2D eigenvalue weighted by Gasteiger charge is -2.15. The van der Waals surface area contributed by atoms with E-state index < -0.39 is 0 Å². The molecule has 104 valence electrons. The highest BCUT2D eigenvalue weighted by Crippen LogP contribution is 2.32. The summed E-state index contributed by atoms with van der Waals surface area (Å²) in [7, 11) is 0. The van der Waals surface area contributed by atoms with Crippen LogP contribution in [0, 0.1) is 0 Å². The number of pyridine rings is 1. The topological polar surface area (TPSA) is 71.1 Å². The number of nitrogens with zero attached hydrogens (tertiary/aromatic N) is 1. The van der Waals surface area contributed by atoms with Crippen LogP contribution in [0.5, 0.6) is 0 Å². The van der Waals surface area contributed by atoms with E-state index in [1.54, 1.807) is 18.3 Å². The number of aryl methyl sites for hydroxylation is 1. The monoisotopic (exact) mass is 279 g/mol. The van der Waals surface area contributed by atoms with Gasteiger partial charge in [0.1, 0.15) is 0 Å². The summed E-state index contributed by atoms with van der Waals surface area (Å²) in [6.07, 6.45) is 3.78. The molecule has 2 aliphatic rings. The molecule has 0 saturated heterocycles. The summed E-state index contributed by atoms with van der Waals surface area (Å²) in [6, 6.07) is 9.45. The molecule has 1 aliphatic heterocycles. The fourth-order valence-electron chi connectivity index (χ4n) is 3.01. The highest BCUT2D eigenvalue weighted by Gasteiger charge is 2.28. The zero-order chi connectivity index (χ0) is 14.4. The predicted octanol–water partition coefficient (Wildman–Crippen LogP) is 2.06. The molecular weight excluding hydrogens is 266 g/mol. The standard InChI is InChI=1S/C16H13N3O2/c20-15-11-5-4-10(8-12(11)16(21)19-15)18-13-6-3-9-2-1-7-17-14(9)13/h1-2,4-5,7-8,13,18H,3,6H2,(H,19,20,21). The number of benzene rings is 1. The maximum absolute atomic E-state index is 11.7. The number of rotatable bonds is 2. The average Bonchev–Trinajstić information content (AvgIpc) is 3.02. The van der Waals surface area contributed by atoms with Crippen LogP contribution in [0.3, 0.4) is 0 Å². The third-order valence-electron chi connectivity index (χ3n) is 4.04. The smallest absolute Gasteiger partial charge is 0.259 e. The second-order valence-electron chi connectivity index (χ2n) is 5.33. The van der Waals surface area contributed by atoms with Crippen molar-refractivity contribution in [3.8, 4) is 0 Å². The zero-order valence-electron chi connectivity index (χ0n) is 11.2. The second-order valence-corrected chi connectivity index (χ2v) is 5.33. The Kier molecular flexibility index (Phi) is 2.54. The minimum absolute atomic E-state index is 0.152. The van der Waals surface area contributed by atoms with Crippen molar-refractivity contribution < 1.29 is 9.59 Å². The van der Waals surface area contributed by atoms with Gasteiger partial charge in [-0.1, -0.05) is 6.07 Å². The van der Waals surface area contributed by atoms with Crippen LogP contribution in [0.1, 0.15) is 44.4 Å². The minimum atomic E-state index is -0.330. The maximum Gasteiger partial charge on any atom is 0.259 e. The number of carbonyl (C=O) groups is 2. The van der Waals surface area contributed by atoms with Gasteiger partial charge in [-0.15, -0.1) is 0 Å². The molecule has 1 unspecified atom stereocenters. The summed E-state index contributed by atoms with van der Waals surface area (Å²) in [4.78, 5) is 27.7. The first-order chi connectivity index (χ1) is 10.2. The normalized spacial score (nSPS) is 19.1. The number of imide groups is 1. The number of hydrogen-bond donors (Lipinski definition) is 2. The number of amides is 2. The van der Waals surface area contributed by atoms with Crippen molar-refractivity contribution in [2.24, 2.45) is 0 Å². The zero-order valence-corrected chi connectivity index (χ0v) is 11.2. The highest BCUT2D eigenvalue weighted by atomic mass is 16.2. The first-order valence-corrected chi connectivity index (χ1v) is 6.92. The Bertz CT molecular complexity index is 770. The van der Waals surface area contributed by atoms with Gasteiger partial charge in [-0.2, -0.15) is 0 Å². The molecule has 0 saturated carbocycles. The molecule has 2 heterocycles. The molecule has 2 N–H and O–H groups in total. The Morgan fingerprint density at radius 1 is 1.14 bits per heavy atom. The van der Waals surface area contributed by atoms with E-state index in [0.29, 0.717) is 11.1 Å². The van der Waals surface area contributed by atoms with Crippen LogP contribution in [0.2, 0.25) is 0 Å². The van der Waals surface area contributed by atoms with E-state index in [4.69, 9.17) is 0 Å². The molecule has 0 spiro atoms. The van der Waals surface area contributed by atoms with E-state index in [2.05, 4.69) is 21.7 Å². The van der Waals surface area contributed by atoms with E-state index in [9.17, 15) is 9.59 Å². The van der Waals surface area contributed by atoms with Gasteiger partial charge in [-0.25, -0.2) is 0 Å². The van der Waals surface area contributed by atoms with Gasteiger partial charge < -0.3 is 5.32 Å². The molecule has 4 rings (SSSR count). The van der Waals surface area contributed by atoms with Crippen LogP contribution in [0.4, 0.5) is 5.69 Å². The Morgan fingerprint density at radius 2 is 2.00 bits per heavy atom. The molecule has 1 aromatic carbocycles. The van der Waals surface area contributed by atoms with Crippen LogP contribution in [-0.2, 0) is 6.42 Å². The largest absolute Gasteiger partial charge is 0.377 e. The summed E-state index contributed by atoms with van der Waals surface area (Å²) < 4.78 is 0. The van der Waals surface area contributed by atoms with Crippen LogP contribution in [0.15, 0.2) is 36.5 Å². The third-order valence-corrected chi connectivity index (χ3v) is 4.04. The Morgan fingerprint density at radius 3 is 2.90 bits per heavy atom. The molecule has 1 aromatic heterocycles. The van der Waals surface area contributed by atoms with Crippen LogP contribution in [0.25, 0.3) is 0 Å². The van der Waals surface area contributed by atoms with E-state index in [1.807, 2.05) is 12.1 Å². The van der Waals surface area contributed by atoms with Crippen molar-refractivity contribution in [1.29, 1.82) is 0 Å². The highest BCUT2D eigenvalue weighted by molar-refractivity contribution is 6.21. The summed E-state index contributed by atoms with van der Waals surface area (Å²) in [5.41, 5.74) is 4.05. The van der Waals surface area contributed by atoms with Gasteiger partial charge in [0.2, 0.25) is 0 Å². The Hall–Kier alpha value is -2.69. The van der Waals surface area contributed by atoms with Crippen molar-refractivity contribution >= 4 is 17.5 Å². The van der Waals surface area contributed by atoms with E-state index in [-0.39, 0.29) is 17.9 Å². The number of fused-ring (bicyclic) bond motifs is 2. The van der Waals surface area contributed by atoms with Crippen molar-refractivity contribution in [1.82, 2.24) is 10.3 Å². The van der Waals surface area contributed by atoms with Gasteiger partial charge in [-0.05, 0) is 42.7 Å². The summed E-state index contributed by atoms with van der Waals surface area (Å²) >= 11 is 0. The number of nitrogens with one attached hydrogen (secondary N) is 2. The lowest BCUT2D eigenvalue weighted by atomic mass is 10.1. The molecular formula is C16H13N3O2. The summed E-state index contributed by atoms with van der Waals surface area (Å²) in [5, 5.41) is 5.71. The van der Waals surface area contributed by atoms with Gasteiger partial charge in [0.05, 0.1) is 22.9 Å². The van der Waals surface area contributed by atoms with E-state index in [1.165, 1.54) is 5.56 Å². The van der Waals surface area contributed by atoms with Crippen molar-refractivity contribution in [3.63, 3.8) is 0 Å². The van der Waals surface area contributed by atoms with Crippen LogP contribution >= 0.6 is 0 Å². The molecule has 0 fully saturated rings. The van der Waals surface area contributed by atoms with Crippen molar-refractivity contribution in [3.05, 3.63) is 58.9 Å². The molecule has 1 aliphatic carbocycles. The van der Waals surface area contributed by atoms with Gasteiger partial charge in [0, 0.05) is 11.9 Å². The fourth-order valence-corrected chi connectivity index (χ4v) is 3.01. The first kappa shape index (κ1) is 12.1. The van der Waals surface area contributed by atoms with Crippen molar-refractivity contribution in [2.75, 3.05) is 5.32 Å². The number of aromatic nitrogens is 1. The fraction of sp³-hybridized carbons (Fsp3) is 0.188. The molecule has 2 amide bonds. The second kappa shape index (κ2) is 4.41. The molecule has 5 nitrogen and oxygen atoms in total. The lowest BCUT2D eigenvalue weighted by molar-refractivity contribution is 0.0879. The Labute approximate surface area is 121 Å². The SMILES string of the molecule is O=C1NC(=O)c2cc(NC3CCc4cccnc43)ccc21. The first-order valence-electron chi connectivity index (χ1n) is 6.92. The van der Waals surface area contributed by atoms with Gasteiger partial charge in [0.25, 0.3) is 11.8 Å². The molecule has 2 aromatic rings. The maximum atomic E-state index is 11.7. The average molecular weight is 279 g/mol. The molecule has 21 heavy (non-hydrogen) atoms. The van der Waals surface area contributed by atoms with E-state index in [0.717, 1.165) is 24.2 Å². The Balaban J connectivity index is 1.64. The molecule has 5 heteroatoms. The van der Waals surface area contributed by atoms with Gasteiger partial charge in [-0.3, -0.25) is 19.9 Å². The summed E-state index contributed by atoms with van der Waals surface area (Å²) in [5.74, 6) is -0.655.